The Balaban J connectivity index is 2.45. The average molecular weight is 285 g/mol. The van der Waals surface area contributed by atoms with Gasteiger partial charge in [-0.05, 0) is 39.3 Å². The van der Waals surface area contributed by atoms with Crippen LogP contribution in [-0.4, -0.2) is 67.7 Å². The standard InChI is InChI=1S/C15H31N3O2/c1-13(11-16)12-17-6-5-7-18(9-8-17)14(19)10-15(2,3)20-4/h13H,5-12,16H2,1-4H3. The van der Waals surface area contributed by atoms with Crippen LogP contribution in [0.4, 0.5) is 0 Å². The lowest BCUT2D eigenvalue weighted by atomic mass is 10.0. The molecule has 1 aliphatic rings. The summed E-state index contributed by atoms with van der Waals surface area (Å²) in [6.07, 6.45) is 1.49. The number of rotatable bonds is 6. The SMILES string of the molecule is COC(C)(C)CC(=O)N1CCCN(CC(C)CN)CC1. The van der Waals surface area contributed by atoms with Crippen molar-refractivity contribution in [3.8, 4) is 0 Å². The molecular weight excluding hydrogens is 254 g/mol. The molecule has 1 fully saturated rings. The summed E-state index contributed by atoms with van der Waals surface area (Å²) in [5, 5.41) is 0. The van der Waals surface area contributed by atoms with Crippen LogP contribution in [0.1, 0.15) is 33.6 Å². The smallest absolute Gasteiger partial charge is 0.225 e. The molecule has 0 aromatic rings. The number of carbonyl (C=O) groups excluding carboxylic acids is 1. The van der Waals surface area contributed by atoms with Gasteiger partial charge in [-0.3, -0.25) is 4.79 Å². The molecule has 0 aromatic heterocycles. The van der Waals surface area contributed by atoms with E-state index < -0.39 is 0 Å². The highest BCUT2D eigenvalue weighted by Gasteiger charge is 2.26. The van der Waals surface area contributed by atoms with Crippen molar-refractivity contribution in [2.75, 3.05) is 46.4 Å². The molecule has 1 amide bonds. The van der Waals surface area contributed by atoms with Gasteiger partial charge in [-0.2, -0.15) is 0 Å². The molecule has 1 heterocycles. The van der Waals surface area contributed by atoms with Crippen molar-refractivity contribution in [2.24, 2.45) is 11.7 Å². The highest BCUT2D eigenvalue weighted by atomic mass is 16.5. The third kappa shape index (κ3) is 5.77. The van der Waals surface area contributed by atoms with Crippen molar-refractivity contribution in [3.63, 3.8) is 0 Å². The number of hydrogen-bond donors (Lipinski definition) is 1. The van der Waals surface area contributed by atoms with Crippen LogP contribution < -0.4 is 5.73 Å². The van der Waals surface area contributed by atoms with Gasteiger partial charge in [0.25, 0.3) is 0 Å². The van der Waals surface area contributed by atoms with Gasteiger partial charge in [-0.1, -0.05) is 6.92 Å². The summed E-state index contributed by atoms with van der Waals surface area (Å²) in [4.78, 5) is 16.7. The van der Waals surface area contributed by atoms with Gasteiger partial charge < -0.3 is 20.3 Å². The minimum Gasteiger partial charge on any atom is -0.378 e. The lowest BCUT2D eigenvalue weighted by Crippen LogP contribution is -2.40. The molecule has 0 radical (unpaired) electrons. The number of nitrogens with zero attached hydrogens (tertiary/aromatic N) is 2. The maximum Gasteiger partial charge on any atom is 0.225 e. The molecule has 0 bridgehead atoms. The zero-order valence-corrected chi connectivity index (χ0v) is 13.5. The Morgan fingerprint density at radius 3 is 2.60 bits per heavy atom. The van der Waals surface area contributed by atoms with Gasteiger partial charge >= 0.3 is 0 Å². The maximum absolute atomic E-state index is 12.3. The third-order valence-electron chi connectivity index (χ3n) is 4.04. The van der Waals surface area contributed by atoms with E-state index in [9.17, 15) is 4.79 Å². The minimum absolute atomic E-state index is 0.200. The Hall–Kier alpha value is -0.650. The Kier molecular flexibility index (Phi) is 6.92. The molecule has 20 heavy (non-hydrogen) atoms. The molecule has 5 heteroatoms. The molecule has 1 rings (SSSR count). The van der Waals surface area contributed by atoms with Crippen LogP contribution in [0.25, 0.3) is 0 Å². The normalized spacial score (nSPS) is 19.8. The quantitative estimate of drug-likeness (QED) is 0.789. The van der Waals surface area contributed by atoms with E-state index in [1.165, 1.54) is 0 Å². The summed E-state index contributed by atoms with van der Waals surface area (Å²) in [6.45, 7) is 11.5. The topological polar surface area (TPSA) is 58.8 Å². The van der Waals surface area contributed by atoms with Crippen LogP contribution in [0.5, 0.6) is 0 Å². The Bertz CT molecular complexity index is 307. The third-order valence-corrected chi connectivity index (χ3v) is 4.04. The molecular formula is C15H31N3O2. The van der Waals surface area contributed by atoms with E-state index in [0.717, 1.165) is 45.7 Å². The number of hydrogen-bond acceptors (Lipinski definition) is 4. The zero-order valence-electron chi connectivity index (χ0n) is 13.5. The predicted octanol–water partition coefficient (Wildman–Crippen LogP) is 0.931. The van der Waals surface area contributed by atoms with Crippen LogP contribution in [0.2, 0.25) is 0 Å². The molecule has 1 saturated heterocycles. The fourth-order valence-corrected chi connectivity index (χ4v) is 2.47. The summed E-state index contributed by atoms with van der Waals surface area (Å²) in [7, 11) is 1.66. The molecule has 5 nitrogen and oxygen atoms in total. The molecule has 118 valence electrons. The number of ether oxygens (including phenoxy) is 1. The fourth-order valence-electron chi connectivity index (χ4n) is 2.47. The second-order valence-electron chi connectivity index (χ2n) is 6.52. The first kappa shape index (κ1) is 17.4. The highest BCUT2D eigenvalue weighted by Crippen LogP contribution is 2.16. The van der Waals surface area contributed by atoms with Gasteiger partial charge in [0.1, 0.15) is 0 Å². The van der Waals surface area contributed by atoms with Gasteiger partial charge in [0.15, 0.2) is 0 Å². The highest BCUT2D eigenvalue weighted by molar-refractivity contribution is 5.77. The van der Waals surface area contributed by atoms with Gasteiger partial charge in [0, 0.05) is 33.3 Å². The van der Waals surface area contributed by atoms with E-state index in [4.69, 9.17) is 10.5 Å². The van der Waals surface area contributed by atoms with Crippen molar-refractivity contribution < 1.29 is 9.53 Å². The van der Waals surface area contributed by atoms with Gasteiger partial charge in [0.05, 0.1) is 12.0 Å². The summed E-state index contributed by atoms with van der Waals surface area (Å²) >= 11 is 0. The molecule has 1 atom stereocenters. The Morgan fingerprint density at radius 2 is 2.00 bits per heavy atom. The number of amides is 1. The van der Waals surface area contributed by atoms with E-state index in [2.05, 4.69) is 11.8 Å². The van der Waals surface area contributed by atoms with Crippen LogP contribution in [0, 0.1) is 5.92 Å². The molecule has 0 aliphatic carbocycles. The summed E-state index contributed by atoms with van der Waals surface area (Å²) < 4.78 is 5.35. The van der Waals surface area contributed by atoms with E-state index in [0.29, 0.717) is 12.3 Å². The number of carbonyl (C=O) groups is 1. The second kappa shape index (κ2) is 7.96. The molecule has 0 saturated carbocycles. The first-order valence-corrected chi connectivity index (χ1v) is 7.63. The predicted molar refractivity (Wildman–Crippen MR) is 81.6 cm³/mol. The average Bonchev–Trinajstić information content (AvgIpc) is 2.63. The number of methoxy groups -OCH3 is 1. The van der Waals surface area contributed by atoms with Crippen molar-refractivity contribution in [1.29, 1.82) is 0 Å². The van der Waals surface area contributed by atoms with E-state index in [1.54, 1.807) is 7.11 Å². The first-order valence-electron chi connectivity index (χ1n) is 7.63. The largest absolute Gasteiger partial charge is 0.378 e. The summed E-state index contributed by atoms with van der Waals surface area (Å²) in [6, 6.07) is 0. The molecule has 2 N–H and O–H groups in total. The van der Waals surface area contributed by atoms with Crippen molar-refractivity contribution in [2.45, 2.75) is 39.2 Å². The fraction of sp³-hybridized carbons (Fsp3) is 0.933. The van der Waals surface area contributed by atoms with Crippen LogP contribution in [-0.2, 0) is 9.53 Å². The lowest BCUT2D eigenvalue weighted by molar-refractivity contribution is -0.136. The van der Waals surface area contributed by atoms with Crippen LogP contribution >= 0.6 is 0 Å². The van der Waals surface area contributed by atoms with Gasteiger partial charge in [-0.15, -0.1) is 0 Å². The molecule has 1 aliphatic heterocycles. The van der Waals surface area contributed by atoms with E-state index >= 15 is 0 Å². The van der Waals surface area contributed by atoms with E-state index in [1.807, 2.05) is 18.7 Å². The molecule has 1 unspecified atom stereocenters. The second-order valence-corrected chi connectivity index (χ2v) is 6.52. The number of nitrogens with two attached hydrogens (primary N) is 1. The van der Waals surface area contributed by atoms with E-state index in [-0.39, 0.29) is 11.5 Å². The molecule has 0 spiro atoms. The Morgan fingerprint density at radius 1 is 1.30 bits per heavy atom. The van der Waals surface area contributed by atoms with Gasteiger partial charge in [0.2, 0.25) is 5.91 Å². The van der Waals surface area contributed by atoms with Crippen molar-refractivity contribution in [1.82, 2.24) is 9.80 Å². The van der Waals surface area contributed by atoms with Gasteiger partial charge in [-0.25, -0.2) is 0 Å². The first-order chi connectivity index (χ1) is 9.38. The van der Waals surface area contributed by atoms with Crippen LogP contribution in [0.3, 0.4) is 0 Å². The lowest BCUT2D eigenvalue weighted by Gasteiger charge is -2.27. The van der Waals surface area contributed by atoms with Crippen LogP contribution in [0.15, 0.2) is 0 Å². The molecule has 0 aromatic carbocycles. The summed E-state index contributed by atoms with van der Waals surface area (Å²) in [5.41, 5.74) is 5.31. The van der Waals surface area contributed by atoms with Crippen molar-refractivity contribution >= 4 is 5.91 Å². The van der Waals surface area contributed by atoms with Crippen molar-refractivity contribution in [3.05, 3.63) is 0 Å². The maximum atomic E-state index is 12.3. The minimum atomic E-state index is -0.378. The zero-order chi connectivity index (χ0) is 15.2. The Labute approximate surface area is 123 Å². The summed E-state index contributed by atoms with van der Waals surface area (Å²) in [5.74, 6) is 0.718. The monoisotopic (exact) mass is 285 g/mol.